The number of ketones is 1. The molecule has 0 aliphatic heterocycles. The van der Waals surface area contributed by atoms with Crippen LogP contribution in [0.15, 0.2) is 36.4 Å². The van der Waals surface area contributed by atoms with Crippen LogP contribution >= 0.6 is 11.6 Å². The normalized spacial score (nSPS) is 11.4. The Kier molecular flexibility index (Phi) is 6.46. The molecular weight excluding hydrogens is 356 g/mol. The zero-order valence-corrected chi connectivity index (χ0v) is 15.8. The summed E-state index contributed by atoms with van der Waals surface area (Å²) in [6.07, 6.45) is 0. The first-order valence-corrected chi connectivity index (χ1v) is 8.33. The molecule has 2 rings (SSSR count). The van der Waals surface area contributed by atoms with Crippen molar-refractivity contribution in [3.05, 3.63) is 47.0 Å². The summed E-state index contributed by atoms with van der Waals surface area (Å²) in [5.41, 5.74) is 1.77. The number of benzene rings is 2. The molecular formula is C19H21ClN2O4. The van der Waals surface area contributed by atoms with Crippen molar-refractivity contribution in [3.8, 4) is 11.5 Å². The lowest BCUT2D eigenvalue weighted by atomic mass is 10.1. The number of nitrogens with one attached hydrogen (secondary N) is 2. The van der Waals surface area contributed by atoms with Crippen LogP contribution in [-0.2, 0) is 4.79 Å². The number of anilines is 2. The molecule has 0 aromatic heterocycles. The Morgan fingerprint density at radius 2 is 1.65 bits per heavy atom. The lowest BCUT2D eigenvalue weighted by molar-refractivity contribution is -0.116. The van der Waals surface area contributed by atoms with Crippen LogP contribution in [0.25, 0.3) is 0 Å². The molecule has 0 aliphatic carbocycles. The van der Waals surface area contributed by atoms with Crippen molar-refractivity contribution < 1.29 is 19.1 Å². The minimum Gasteiger partial charge on any atom is -0.495 e. The largest absolute Gasteiger partial charge is 0.495 e. The highest BCUT2D eigenvalue weighted by atomic mass is 35.5. The smallest absolute Gasteiger partial charge is 0.246 e. The van der Waals surface area contributed by atoms with Crippen molar-refractivity contribution in [1.29, 1.82) is 0 Å². The molecule has 1 atom stereocenters. The van der Waals surface area contributed by atoms with Gasteiger partial charge in [0.1, 0.15) is 17.5 Å². The van der Waals surface area contributed by atoms with Gasteiger partial charge in [0.2, 0.25) is 5.91 Å². The van der Waals surface area contributed by atoms with Crippen molar-refractivity contribution in [2.75, 3.05) is 24.9 Å². The fourth-order valence-electron chi connectivity index (χ4n) is 2.31. The summed E-state index contributed by atoms with van der Waals surface area (Å²) in [5, 5.41) is 6.27. The lowest BCUT2D eigenvalue weighted by Gasteiger charge is -2.18. The second kappa shape index (κ2) is 8.58. The molecule has 0 spiro atoms. The second-order valence-corrected chi connectivity index (χ2v) is 6.08. The Bertz CT molecular complexity index is 806. The highest BCUT2D eigenvalue weighted by molar-refractivity contribution is 6.32. The van der Waals surface area contributed by atoms with E-state index in [4.69, 9.17) is 21.1 Å². The molecule has 7 heteroatoms. The van der Waals surface area contributed by atoms with Gasteiger partial charge in [0.15, 0.2) is 5.78 Å². The van der Waals surface area contributed by atoms with Crippen LogP contribution in [-0.4, -0.2) is 32.0 Å². The summed E-state index contributed by atoms with van der Waals surface area (Å²) in [4.78, 5) is 23.7. The summed E-state index contributed by atoms with van der Waals surface area (Å²) in [7, 11) is 3.04. The van der Waals surface area contributed by atoms with Gasteiger partial charge in [-0.15, -0.1) is 0 Å². The van der Waals surface area contributed by atoms with Gasteiger partial charge < -0.3 is 20.1 Å². The number of carbonyl (C=O) groups is 2. The number of ether oxygens (including phenoxy) is 2. The average molecular weight is 377 g/mol. The van der Waals surface area contributed by atoms with Crippen LogP contribution in [0.2, 0.25) is 5.02 Å². The Labute approximate surface area is 157 Å². The van der Waals surface area contributed by atoms with E-state index in [0.717, 1.165) is 0 Å². The minimum atomic E-state index is -0.555. The topological polar surface area (TPSA) is 76.7 Å². The predicted octanol–water partition coefficient (Wildman–Crippen LogP) is 4.00. The summed E-state index contributed by atoms with van der Waals surface area (Å²) in [5.74, 6) is 0.726. The maximum absolute atomic E-state index is 12.4. The highest BCUT2D eigenvalue weighted by Gasteiger charge is 2.17. The van der Waals surface area contributed by atoms with Crippen LogP contribution < -0.4 is 20.1 Å². The average Bonchev–Trinajstić information content (AvgIpc) is 2.62. The van der Waals surface area contributed by atoms with E-state index < -0.39 is 6.04 Å². The van der Waals surface area contributed by atoms with Gasteiger partial charge in [0, 0.05) is 17.3 Å². The van der Waals surface area contributed by atoms with Crippen molar-refractivity contribution in [1.82, 2.24) is 0 Å². The van der Waals surface area contributed by atoms with Crippen molar-refractivity contribution in [3.63, 3.8) is 0 Å². The van der Waals surface area contributed by atoms with Crippen LogP contribution in [0.1, 0.15) is 24.2 Å². The monoisotopic (exact) mass is 376 g/mol. The van der Waals surface area contributed by atoms with Gasteiger partial charge in [-0.2, -0.15) is 0 Å². The quantitative estimate of drug-likeness (QED) is 0.714. The first-order chi connectivity index (χ1) is 12.3. The maximum Gasteiger partial charge on any atom is 0.246 e. The molecule has 2 aromatic carbocycles. The number of carbonyl (C=O) groups excluding carboxylic acids is 2. The molecule has 0 bridgehead atoms. The summed E-state index contributed by atoms with van der Waals surface area (Å²) < 4.78 is 10.5. The van der Waals surface area contributed by atoms with Crippen LogP contribution in [0.4, 0.5) is 11.4 Å². The van der Waals surface area contributed by atoms with Crippen LogP contribution in [0, 0.1) is 0 Å². The standard InChI is InChI=1S/C19H21ClN2O4/c1-11(19(24)22-14-7-5-13(6-8-14)12(2)23)21-16-9-15(20)17(25-3)10-18(16)26-4/h5-11,21H,1-4H3,(H,22,24)/t11-/m0/s1. The minimum absolute atomic E-state index is 0.0265. The first-order valence-electron chi connectivity index (χ1n) is 7.95. The molecule has 0 fully saturated rings. The molecule has 6 nitrogen and oxygen atoms in total. The summed E-state index contributed by atoms with van der Waals surface area (Å²) in [6, 6.07) is 9.45. The van der Waals surface area contributed by atoms with E-state index in [0.29, 0.717) is 33.5 Å². The Hall–Kier alpha value is -2.73. The number of amides is 1. The second-order valence-electron chi connectivity index (χ2n) is 5.68. The number of hydrogen-bond donors (Lipinski definition) is 2. The van der Waals surface area contributed by atoms with E-state index in [1.165, 1.54) is 21.1 Å². The number of Topliss-reactive ketones (excluding diaryl/α,β-unsaturated/α-hetero) is 1. The van der Waals surface area contributed by atoms with Crippen molar-refractivity contribution in [2.24, 2.45) is 0 Å². The van der Waals surface area contributed by atoms with E-state index >= 15 is 0 Å². The molecule has 26 heavy (non-hydrogen) atoms. The number of rotatable bonds is 7. The Morgan fingerprint density at radius 1 is 1.04 bits per heavy atom. The molecule has 0 saturated carbocycles. The van der Waals surface area contributed by atoms with Crippen molar-refractivity contribution in [2.45, 2.75) is 19.9 Å². The van der Waals surface area contributed by atoms with Gasteiger partial charge in [-0.3, -0.25) is 9.59 Å². The van der Waals surface area contributed by atoms with E-state index in [1.807, 2.05) is 0 Å². The zero-order valence-electron chi connectivity index (χ0n) is 15.1. The van der Waals surface area contributed by atoms with Crippen molar-refractivity contribution >= 4 is 34.7 Å². The molecule has 0 saturated heterocycles. The van der Waals surface area contributed by atoms with Crippen LogP contribution in [0.3, 0.4) is 0 Å². The summed E-state index contributed by atoms with van der Waals surface area (Å²) in [6.45, 7) is 3.21. The van der Waals surface area contributed by atoms with Gasteiger partial charge in [-0.1, -0.05) is 11.6 Å². The van der Waals surface area contributed by atoms with E-state index in [2.05, 4.69) is 10.6 Å². The molecule has 138 valence electrons. The third kappa shape index (κ3) is 4.67. The van der Waals surface area contributed by atoms with Gasteiger partial charge in [-0.05, 0) is 44.2 Å². The Morgan fingerprint density at radius 3 is 2.19 bits per heavy atom. The molecule has 1 amide bonds. The van der Waals surface area contributed by atoms with Gasteiger partial charge >= 0.3 is 0 Å². The van der Waals surface area contributed by atoms with Gasteiger partial charge in [0.05, 0.1) is 24.9 Å². The predicted molar refractivity (Wildman–Crippen MR) is 103 cm³/mol. The fourth-order valence-corrected chi connectivity index (χ4v) is 2.55. The lowest BCUT2D eigenvalue weighted by Crippen LogP contribution is -2.32. The molecule has 0 heterocycles. The maximum atomic E-state index is 12.4. The number of halogens is 1. The first kappa shape index (κ1) is 19.6. The molecule has 0 unspecified atom stereocenters. The van der Waals surface area contributed by atoms with Gasteiger partial charge in [0.25, 0.3) is 0 Å². The summed E-state index contributed by atoms with van der Waals surface area (Å²) >= 11 is 6.14. The molecule has 0 radical (unpaired) electrons. The van der Waals surface area contributed by atoms with Crippen LogP contribution in [0.5, 0.6) is 11.5 Å². The van der Waals surface area contributed by atoms with Gasteiger partial charge in [-0.25, -0.2) is 0 Å². The number of hydrogen-bond acceptors (Lipinski definition) is 5. The Balaban J connectivity index is 2.09. The SMILES string of the molecule is COc1cc(OC)c(N[C@@H](C)C(=O)Nc2ccc(C(C)=O)cc2)cc1Cl. The third-order valence-electron chi connectivity index (χ3n) is 3.80. The molecule has 0 aliphatic rings. The van der Waals surface area contributed by atoms with E-state index in [9.17, 15) is 9.59 Å². The fraction of sp³-hybridized carbons (Fsp3) is 0.263. The zero-order chi connectivity index (χ0) is 19.3. The highest BCUT2D eigenvalue weighted by Crippen LogP contribution is 2.36. The number of methoxy groups -OCH3 is 2. The third-order valence-corrected chi connectivity index (χ3v) is 4.09. The molecule has 2 aromatic rings. The van der Waals surface area contributed by atoms with E-state index in [-0.39, 0.29) is 11.7 Å². The molecule has 2 N–H and O–H groups in total. The van der Waals surface area contributed by atoms with E-state index in [1.54, 1.807) is 43.3 Å².